The van der Waals surface area contributed by atoms with Gasteiger partial charge in [-0.3, -0.25) is 4.79 Å². The molecular weight excluding hydrogens is 266 g/mol. The van der Waals surface area contributed by atoms with E-state index in [9.17, 15) is 9.90 Å². The molecule has 0 spiro atoms. The highest BCUT2D eigenvalue weighted by Gasteiger charge is 2.21. The fourth-order valence-corrected chi connectivity index (χ4v) is 2.00. The van der Waals surface area contributed by atoms with Gasteiger partial charge < -0.3 is 15.2 Å². The number of carbonyl (C=O) groups excluding carboxylic acids is 1. The van der Waals surface area contributed by atoms with Gasteiger partial charge in [0.2, 0.25) is 5.91 Å². The summed E-state index contributed by atoms with van der Waals surface area (Å²) in [7, 11) is 0. The molecule has 0 aliphatic heterocycles. The number of amides is 1. The van der Waals surface area contributed by atoms with Gasteiger partial charge in [-0.25, -0.2) is 0 Å². The standard InChI is InChI=1S/C17H25NO3/c1-12(2)16(19)9-17(20)18-15-5-3-4-14(8-15)11-21-10-13-6-7-13/h3-5,8,12-13,16,19H,6-7,9-11H2,1-2H3,(H,18,20). The molecule has 4 nitrogen and oxygen atoms in total. The van der Waals surface area contributed by atoms with Gasteiger partial charge in [-0.1, -0.05) is 26.0 Å². The molecule has 1 fully saturated rings. The molecule has 0 aromatic heterocycles. The zero-order chi connectivity index (χ0) is 15.2. The van der Waals surface area contributed by atoms with Crippen molar-refractivity contribution in [2.75, 3.05) is 11.9 Å². The fourth-order valence-electron chi connectivity index (χ4n) is 2.00. The number of anilines is 1. The molecule has 1 aliphatic carbocycles. The lowest BCUT2D eigenvalue weighted by Gasteiger charge is -2.14. The van der Waals surface area contributed by atoms with Crippen LogP contribution in [0.5, 0.6) is 0 Å². The summed E-state index contributed by atoms with van der Waals surface area (Å²) in [4.78, 5) is 11.8. The average molecular weight is 291 g/mol. The first-order valence-electron chi connectivity index (χ1n) is 7.69. The number of benzene rings is 1. The van der Waals surface area contributed by atoms with Gasteiger partial charge in [-0.05, 0) is 42.4 Å². The molecular formula is C17H25NO3. The molecule has 21 heavy (non-hydrogen) atoms. The monoisotopic (exact) mass is 291 g/mol. The van der Waals surface area contributed by atoms with Crippen molar-refractivity contribution < 1.29 is 14.6 Å². The normalized spacial score (nSPS) is 16.0. The van der Waals surface area contributed by atoms with Gasteiger partial charge in [-0.15, -0.1) is 0 Å². The van der Waals surface area contributed by atoms with Gasteiger partial charge in [0.05, 0.1) is 19.1 Å². The minimum absolute atomic E-state index is 0.0814. The van der Waals surface area contributed by atoms with Gasteiger partial charge >= 0.3 is 0 Å². The van der Waals surface area contributed by atoms with Crippen molar-refractivity contribution in [1.29, 1.82) is 0 Å². The molecule has 116 valence electrons. The molecule has 1 atom stereocenters. The first-order valence-corrected chi connectivity index (χ1v) is 7.69. The van der Waals surface area contributed by atoms with E-state index >= 15 is 0 Å². The lowest BCUT2D eigenvalue weighted by molar-refractivity contribution is -0.118. The smallest absolute Gasteiger partial charge is 0.226 e. The highest BCUT2D eigenvalue weighted by atomic mass is 16.5. The molecule has 0 bridgehead atoms. The molecule has 4 heteroatoms. The third-order valence-corrected chi connectivity index (χ3v) is 3.69. The van der Waals surface area contributed by atoms with Crippen LogP contribution in [0.3, 0.4) is 0 Å². The quantitative estimate of drug-likeness (QED) is 0.774. The van der Waals surface area contributed by atoms with Crippen molar-refractivity contribution in [3.63, 3.8) is 0 Å². The van der Waals surface area contributed by atoms with Crippen molar-refractivity contribution in [1.82, 2.24) is 0 Å². The zero-order valence-electron chi connectivity index (χ0n) is 12.8. The van der Waals surface area contributed by atoms with Crippen molar-refractivity contribution in [2.24, 2.45) is 11.8 Å². The van der Waals surface area contributed by atoms with Crippen LogP contribution in [0.25, 0.3) is 0 Å². The van der Waals surface area contributed by atoms with Crippen LogP contribution in [-0.4, -0.2) is 23.7 Å². The first kappa shape index (κ1) is 16.0. The van der Waals surface area contributed by atoms with Gasteiger partial charge in [0.1, 0.15) is 0 Å². The highest BCUT2D eigenvalue weighted by molar-refractivity contribution is 5.91. The summed E-state index contributed by atoms with van der Waals surface area (Å²) in [5.74, 6) is 0.676. The summed E-state index contributed by atoms with van der Waals surface area (Å²) >= 11 is 0. The number of nitrogens with one attached hydrogen (secondary N) is 1. The van der Waals surface area contributed by atoms with Gasteiger partial charge in [0.25, 0.3) is 0 Å². The van der Waals surface area contributed by atoms with Crippen molar-refractivity contribution >= 4 is 11.6 Å². The number of aliphatic hydroxyl groups is 1. The van der Waals surface area contributed by atoms with Crippen LogP contribution in [0.4, 0.5) is 5.69 Å². The van der Waals surface area contributed by atoms with E-state index in [-0.39, 0.29) is 18.2 Å². The number of ether oxygens (including phenoxy) is 1. The van der Waals surface area contributed by atoms with Gasteiger partial charge in [-0.2, -0.15) is 0 Å². The predicted molar refractivity (Wildman–Crippen MR) is 82.9 cm³/mol. The van der Waals surface area contributed by atoms with E-state index in [1.165, 1.54) is 12.8 Å². The molecule has 0 heterocycles. The van der Waals surface area contributed by atoms with E-state index in [0.29, 0.717) is 6.61 Å². The van der Waals surface area contributed by atoms with Crippen molar-refractivity contribution in [2.45, 2.75) is 45.8 Å². The lowest BCUT2D eigenvalue weighted by Crippen LogP contribution is -2.23. The first-order chi connectivity index (χ1) is 10.0. The van der Waals surface area contributed by atoms with E-state index in [4.69, 9.17) is 4.74 Å². The minimum Gasteiger partial charge on any atom is -0.392 e. The average Bonchev–Trinajstić information content (AvgIpc) is 3.23. The second-order valence-corrected chi connectivity index (χ2v) is 6.22. The van der Waals surface area contributed by atoms with E-state index < -0.39 is 6.10 Å². The Morgan fingerprint density at radius 2 is 2.19 bits per heavy atom. The Kier molecular flexibility index (Phi) is 5.76. The lowest BCUT2D eigenvalue weighted by atomic mass is 10.0. The number of rotatable bonds is 8. The maximum Gasteiger partial charge on any atom is 0.226 e. The topological polar surface area (TPSA) is 58.6 Å². The Balaban J connectivity index is 1.80. The molecule has 0 radical (unpaired) electrons. The van der Waals surface area contributed by atoms with Crippen LogP contribution in [-0.2, 0) is 16.1 Å². The molecule has 2 rings (SSSR count). The van der Waals surface area contributed by atoms with E-state index in [2.05, 4.69) is 5.32 Å². The number of carbonyl (C=O) groups is 1. The number of hydrogen-bond donors (Lipinski definition) is 2. The Hall–Kier alpha value is -1.39. The molecule has 2 N–H and O–H groups in total. The summed E-state index contributed by atoms with van der Waals surface area (Å²) in [6.45, 7) is 5.21. The highest BCUT2D eigenvalue weighted by Crippen LogP contribution is 2.29. The third kappa shape index (κ3) is 5.86. The summed E-state index contributed by atoms with van der Waals surface area (Å²) in [5, 5.41) is 12.5. The molecule has 1 saturated carbocycles. The van der Waals surface area contributed by atoms with Crippen LogP contribution in [0, 0.1) is 11.8 Å². The van der Waals surface area contributed by atoms with E-state index in [1.807, 2.05) is 38.1 Å². The SMILES string of the molecule is CC(C)C(O)CC(=O)Nc1cccc(COCC2CC2)c1. The Morgan fingerprint density at radius 1 is 1.43 bits per heavy atom. The second-order valence-electron chi connectivity index (χ2n) is 6.22. The van der Waals surface area contributed by atoms with Crippen LogP contribution < -0.4 is 5.32 Å². The fraction of sp³-hybridized carbons (Fsp3) is 0.588. The van der Waals surface area contributed by atoms with Gasteiger partial charge in [0, 0.05) is 12.3 Å². The predicted octanol–water partition coefficient (Wildman–Crippen LogP) is 2.96. The Morgan fingerprint density at radius 3 is 2.86 bits per heavy atom. The van der Waals surface area contributed by atoms with Crippen LogP contribution in [0.15, 0.2) is 24.3 Å². The summed E-state index contributed by atoms with van der Waals surface area (Å²) in [6, 6.07) is 7.67. The maximum atomic E-state index is 11.8. The Labute approximate surface area is 126 Å². The number of aliphatic hydroxyl groups excluding tert-OH is 1. The van der Waals surface area contributed by atoms with Crippen molar-refractivity contribution in [3.05, 3.63) is 29.8 Å². The van der Waals surface area contributed by atoms with Crippen LogP contribution in [0.1, 0.15) is 38.7 Å². The maximum absolute atomic E-state index is 11.8. The minimum atomic E-state index is -0.602. The molecule has 1 unspecified atom stereocenters. The molecule has 1 aliphatic rings. The number of hydrogen-bond acceptors (Lipinski definition) is 3. The third-order valence-electron chi connectivity index (χ3n) is 3.69. The molecule has 0 saturated heterocycles. The van der Waals surface area contributed by atoms with Crippen molar-refractivity contribution in [3.8, 4) is 0 Å². The summed E-state index contributed by atoms with van der Waals surface area (Å²) in [5.41, 5.74) is 1.81. The molecule has 1 amide bonds. The molecule has 1 aromatic carbocycles. The molecule has 1 aromatic rings. The second kappa shape index (κ2) is 7.57. The zero-order valence-corrected chi connectivity index (χ0v) is 12.8. The summed E-state index contributed by atoms with van der Waals surface area (Å²) in [6.07, 6.45) is 2.10. The van der Waals surface area contributed by atoms with Crippen LogP contribution in [0.2, 0.25) is 0 Å². The van der Waals surface area contributed by atoms with Gasteiger partial charge in [0.15, 0.2) is 0 Å². The Bertz CT molecular complexity index is 469. The van der Waals surface area contributed by atoms with E-state index in [1.54, 1.807) is 0 Å². The summed E-state index contributed by atoms with van der Waals surface area (Å²) < 4.78 is 5.65. The van der Waals surface area contributed by atoms with E-state index in [0.717, 1.165) is 23.8 Å². The largest absolute Gasteiger partial charge is 0.392 e. The van der Waals surface area contributed by atoms with Crippen LogP contribution >= 0.6 is 0 Å².